The zero-order chi connectivity index (χ0) is 14.9. The lowest BCUT2D eigenvalue weighted by atomic mass is 10.1. The van der Waals surface area contributed by atoms with E-state index in [-0.39, 0.29) is 18.4 Å². The summed E-state index contributed by atoms with van der Waals surface area (Å²) in [5.41, 5.74) is -0.819. The molecular weight excluding hydrogens is 280 g/mol. The summed E-state index contributed by atoms with van der Waals surface area (Å²) < 4.78 is 0. The smallest absolute Gasteiger partial charge is 0.251 e. The molecule has 1 saturated heterocycles. The number of hydrogen-bond donors (Lipinski definition) is 2. The van der Waals surface area contributed by atoms with E-state index in [9.17, 15) is 14.7 Å². The van der Waals surface area contributed by atoms with Gasteiger partial charge in [-0.2, -0.15) is 0 Å². The van der Waals surface area contributed by atoms with Gasteiger partial charge in [-0.05, 0) is 26.0 Å². The minimum atomic E-state index is -1.46. The van der Waals surface area contributed by atoms with Crippen LogP contribution < -0.4 is 10.2 Å². The van der Waals surface area contributed by atoms with Gasteiger partial charge in [0, 0.05) is 13.0 Å². The first-order valence-electron chi connectivity index (χ1n) is 6.37. The Morgan fingerprint density at radius 3 is 2.70 bits per heavy atom. The lowest BCUT2D eigenvalue weighted by Crippen LogP contribution is -2.47. The van der Waals surface area contributed by atoms with Crippen molar-refractivity contribution < 1.29 is 14.7 Å². The first kappa shape index (κ1) is 14.8. The highest BCUT2D eigenvalue weighted by Crippen LogP contribution is 2.29. The molecule has 1 atom stereocenters. The second-order valence-electron chi connectivity index (χ2n) is 5.39. The molecule has 1 heterocycles. The molecule has 0 bridgehead atoms. The van der Waals surface area contributed by atoms with Gasteiger partial charge in [-0.25, -0.2) is 0 Å². The Labute approximate surface area is 122 Å². The number of rotatable bonds is 3. The van der Waals surface area contributed by atoms with Crippen molar-refractivity contribution in [3.8, 4) is 0 Å². The van der Waals surface area contributed by atoms with Crippen molar-refractivity contribution in [3.05, 3.63) is 29.3 Å². The molecule has 0 aliphatic carbocycles. The van der Waals surface area contributed by atoms with Crippen molar-refractivity contribution in [1.29, 1.82) is 0 Å². The summed E-state index contributed by atoms with van der Waals surface area (Å²) in [6.45, 7) is 3.17. The van der Waals surface area contributed by atoms with Crippen LogP contribution in [0.2, 0.25) is 5.02 Å². The Balaban J connectivity index is 2.09. The average Bonchev–Trinajstić information content (AvgIpc) is 2.69. The highest BCUT2D eigenvalue weighted by atomic mass is 35.5. The predicted molar refractivity (Wildman–Crippen MR) is 76.7 cm³/mol. The van der Waals surface area contributed by atoms with Gasteiger partial charge in [-0.15, -0.1) is 0 Å². The standard InChI is InChI=1S/C14H17ClN2O3/c1-14(2,20)13(19)16-9-7-12(18)17(8-9)11-6-4-3-5-10(11)15/h3-6,9,20H,7-8H2,1-2H3,(H,16,19). The summed E-state index contributed by atoms with van der Waals surface area (Å²) in [6, 6.07) is 6.75. The second-order valence-corrected chi connectivity index (χ2v) is 5.80. The topological polar surface area (TPSA) is 69.6 Å². The summed E-state index contributed by atoms with van der Waals surface area (Å²) in [5.74, 6) is -0.588. The van der Waals surface area contributed by atoms with E-state index < -0.39 is 11.5 Å². The van der Waals surface area contributed by atoms with Crippen LogP contribution in [-0.2, 0) is 9.59 Å². The molecule has 1 fully saturated rings. The number of nitrogens with one attached hydrogen (secondary N) is 1. The van der Waals surface area contributed by atoms with Gasteiger partial charge >= 0.3 is 0 Å². The quantitative estimate of drug-likeness (QED) is 0.884. The maximum Gasteiger partial charge on any atom is 0.251 e. The molecule has 0 radical (unpaired) electrons. The summed E-state index contributed by atoms with van der Waals surface area (Å²) in [5, 5.41) is 12.8. The van der Waals surface area contributed by atoms with Crippen molar-refractivity contribution >= 4 is 29.1 Å². The summed E-state index contributed by atoms with van der Waals surface area (Å²) in [4.78, 5) is 25.3. The molecular formula is C14H17ClN2O3. The number of carbonyl (C=O) groups excluding carboxylic acids is 2. The van der Waals surface area contributed by atoms with Gasteiger partial charge in [0.2, 0.25) is 5.91 Å². The van der Waals surface area contributed by atoms with E-state index in [1.807, 2.05) is 0 Å². The lowest BCUT2D eigenvalue weighted by molar-refractivity contribution is -0.137. The van der Waals surface area contributed by atoms with E-state index in [0.29, 0.717) is 17.3 Å². The van der Waals surface area contributed by atoms with Gasteiger partial charge < -0.3 is 15.3 Å². The van der Waals surface area contributed by atoms with Crippen LogP contribution in [0.25, 0.3) is 0 Å². The number of benzene rings is 1. The van der Waals surface area contributed by atoms with Gasteiger partial charge in [-0.1, -0.05) is 23.7 Å². The van der Waals surface area contributed by atoms with E-state index in [2.05, 4.69) is 5.32 Å². The molecule has 108 valence electrons. The van der Waals surface area contributed by atoms with E-state index in [1.165, 1.54) is 13.8 Å². The third-order valence-electron chi connectivity index (χ3n) is 3.16. The SMILES string of the molecule is CC(C)(O)C(=O)NC1CC(=O)N(c2ccccc2Cl)C1. The molecule has 0 spiro atoms. The van der Waals surface area contributed by atoms with Crippen LogP contribution in [-0.4, -0.2) is 35.1 Å². The molecule has 1 aliphatic rings. The van der Waals surface area contributed by atoms with Crippen LogP contribution in [0.5, 0.6) is 0 Å². The second kappa shape index (κ2) is 5.42. The van der Waals surface area contributed by atoms with Gasteiger partial charge in [0.05, 0.1) is 16.8 Å². The summed E-state index contributed by atoms with van der Waals surface area (Å²) in [6.07, 6.45) is 0.201. The molecule has 1 aliphatic heterocycles. The molecule has 0 saturated carbocycles. The van der Waals surface area contributed by atoms with Crippen molar-refractivity contribution in [3.63, 3.8) is 0 Å². The number of halogens is 1. The van der Waals surface area contributed by atoms with E-state index in [0.717, 1.165) is 0 Å². The normalized spacial score (nSPS) is 19.3. The molecule has 0 aromatic heterocycles. The number of carbonyl (C=O) groups is 2. The van der Waals surface area contributed by atoms with Crippen LogP contribution in [0.4, 0.5) is 5.69 Å². The van der Waals surface area contributed by atoms with Gasteiger partial charge in [0.1, 0.15) is 5.60 Å². The predicted octanol–water partition coefficient (Wildman–Crippen LogP) is 1.33. The first-order valence-corrected chi connectivity index (χ1v) is 6.75. The van der Waals surface area contributed by atoms with Gasteiger partial charge in [0.25, 0.3) is 5.91 Å². The summed E-state index contributed by atoms with van der Waals surface area (Å²) in [7, 11) is 0. The molecule has 6 heteroatoms. The maximum atomic E-state index is 12.0. The molecule has 2 N–H and O–H groups in total. The van der Waals surface area contributed by atoms with Crippen molar-refractivity contribution in [2.45, 2.75) is 31.9 Å². The van der Waals surface area contributed by atoms with Crippen molar-refractivity contribution in [2.24, 2.45) is 0 Å². The van der Waals surface area contributed by atoms with Crippen LogP contribution in [0.3, 0.4) is 0 Å². The molecule has 1 unspecified atom stereocenters. The number of hydrogen-bond acceptors (Lipinski definition) is 3. The van der Waals surface area contributed by atoms with Crippen LogP contribution in [0.1, 0.15) is 20.3 Å². The molecule has 2 amide bonds. The third-order valence-corrected chi connectivity index (χ3v) is 3.48. The monoisotopic (exact) mass is 296 g/mol. The Morgan fingerprint density at radius 2 is 2.10 bits per heavy atom. The van der Waals surface area contributed by atoms with E-state index in [4.69, 9.17) is 11.6 Å². The van der Waals surface area contributed by atoms with E-state index in [1.54, 1.807) is 29.2 Å². The zero-order valence-electron chi connectivity index (χ0n) is 11.4. The third kappa shape index (κ3) is 3.11. The minimum absolute atomic E-state index is 0.0980. The van der Waals surface area contributed by atoms with Crippen LogP contribution >= 0.6 is 11.6 Å². The van der Waals surface area contributed by atoms with Crippen LogP contribution in [0.15, 0.2) is 24.3 Å². The number of amides is 2. The Bertz CT molecular complexity index is 539. The molecule has 1 aromatic carbocycles. The highest BCUT2D eigenvalue weighted by Gasteiger charge is 2.35. The molecule has 20 heavy (non-hydrogen) atoms. The van der Waals surface area contributed by atoms with Gasteiger partial charge in [0.15, 0.2) is 0 Å². The van der Waals surface area contributed by atoms with Crippen molar-refractivity contribution in [2.75, 3.05) is 11.4 Å². The molecule has 1 aromatic rings. The Hall–Kier alpha value is -1.59. The largest absolute Gasteiger partial charge is 0.381 e. The van der Waals surface area contributed by atoms with Crippen LogP contribution in [0, 0.1) is 0 Å². The number of aliphatic hydroxyl groups is 1. The number of nitrogens with zero attached hydrogens (tertiary/aromatic N) is 1. The van der Waals surface area contributed by atoms with Crippen molar-refractivity contribution in [1.82, 2.24) is 5.32 Å². The Kier molecular flexibility index (Phi) is 4.01. The average molecular weight is 297 g/mol. The maximum absolute atomic E-state index is 12.0. The molecule has 5 nitrogen and oxygen atoms in total. The zero-order valence-corrected chi connectivity index (χ0v) is 12.1. The lowest BCUT2D eigenvalue weighted by Gasteiger charge is -2.21. The fourth-order valence-corrected chi connectivity index (χ4v) is 2.31. The first-order chi connectivity index (χ1) is 9.29. The Morgan fingerprint density at radius 1 is 1.45 bits per heavy atom. The molecule has 2 rings (SSSR count). The fourth-order valence-electron chi connectivity index (χ4n) is 2.07. The number of anilines is 1. The summed E-state index contributed by atoms with van der Waals surface area (Å²) >= 11 is 6.07. The van der Waals surface area contributed by atoms with E-state index >= 15 is 0 Å². The number of para-hydroxylation sites is 1. The minimum Gasteiger partial charge on any atom is -0.381 e. The highest BCUT2D eigenvalue weighted by molar-refractivity contribution is 6.33. The van der Waals surface area contributed by atoms with Gasteiger partial charge in [-0.3, -0.25) is 9.59 Å². The fraction of sp³-hybridized carbons (Fsp3) is 0.429.